The number of nitriles is 1. The maximum absolute atomic E-state index is 8.82. The van der Waals surface area contributed by atoms with Gasteiger partial charge in [-0.25, -0.2) is 4.98 Å². The van der Waals surface area contributed by atoms with Crippen molar-refractivity contribution in [1.29, 1.82) is 5.26 Å². The predicted molar refractivity (Wildman–Crippen MR) is 70.7 cm³/mol. The Morgan fingerprint density at radius 3 is 2.74 bits per heavy atom. The first-order chi connectivity index (χ1) is 9.22. The lowest BCUT2D eigenvalue weighted by atomic mass is 10.2. The second-order valence-electron chi connectivity index (χ2n) is 3.86. The van der Waals surface area contributed by atoms with Crippen LogP contribution in [-0.4, -0.2) is 12.1 Å². The van der Waals surface area contributed by atoms with Crippen LogP contribution in [-0.2, 0) is 6.61 Å². The quantitative estimate of drug-likeness (QED) is 0.905. The Morgan fingerprint density at radius 1 is 1.26 bits per heavy atom. The molecule has 2 aromatic rings. The van der Waals surface area contributed by atoms with E-state index in [1.165, 1.54) is 7.11 Å². The Morgan fingerprint density at radius 2 is 2.11 bits per heavy atom. The smallest absolute Gasteiger partial charge is 0.162 e. The van der Waals surface area contributed by atoms with Gasteiger partial charge in [0.1, 0.15) is 12.4 Å². The summed E-state index contributed by atoms with van der Waals surface area (Å²) >= 11 is 0. The summed E-state index contributed by atoms with van der Waals surface area (Å²) in [6.45, 7) is 0.357. The maximum Gasteiger partial charge on any atom is 0.162 e. The maximum atomic E-state index is 8.82. The van der Waals surface area contributed by atoms with E-state index in [4.69, 9.17) is 20.5 Å². The zero-order chi connectivity index (χ0) is 13.7. The van der Waals surface area contributed by atoms with E-state index in [0.717, 1.165) is 5.56 Å². The predicted octanol–water partition coefficient (Wildman–Crippen LogP) is 2.12. The molecule has 5 heteroatoms. The van der Waals surface area contributed by atoms with Gasteiger partial charge in [0.2, 0.25) is 0 Å². The minimum atomic E-state index is 0.357. The molecule has 0 atom stereocenters. The number of hydrogen-bond acceptors (Lipinski definition) is 5. The van der Waals surface area contributed by atoms with Crippen LogP contribution in [0.3, 0.4) is 0 Å². The van der Waals surface area contributed by atoms with Gasteiger partial charge in [0.05, 0.1) is 18.7 Å². The molecule has 2 rings (SSSR count). The molecule has 0 radical (unpaired) electrons. The molecule has 1 aromatic carbocycles. The highest BCUT2D eigenvalue weighted by molar-refractivity contribution is 5.46. The van der Waals surface area contributed by atoms with Gasteiger partial charge in [0.15, 0.2) is 11.5 Å². The molecule has 0 unspecified atom stereocenters. The van der Waals surface area contributed by atoms with Crippen LogP contribution >= 0.6 is 0 Å². The molecular formula is C14H13N3O2. The van der Waals surface area contributed by atoms with Crippen LogP contribution < -0.4 is 15.2 Å². The largest absolute Gasteiger partial charge is 0.493 e. The average Bonchev–Trinajstić information content (AvgIpc) is 2.46. The SMILES string of the molecule is COc1cc(C#N)ccc1OCc1ccc(N)nc1. The van der Waals surface area contributed by atoms with E-state index < -0.39 is 0 Å². The molecule has 19 heavy (non-hydrogen) atoms. The number of anilines is 1. The lowest BCUT2D eigenvalue weighted by Gasteiger charge is -2.10. The molecule has 1 heterocycles. The first-order valence-corrected chi connectivity index (χ1v) is 5.64. The molecule has 0 aliphatic carbocycles. The normalized spacial score (nSPS) is 9.68. The number of methoxy groups -OCH3 is 1. The van der Waals surface area contributed by atoms with E-state index in [-0.39, 0.29) is 0 Å². The number of rotatable bonds is 4. The molecule has 0 amide bonds. The summed E-state index contributed by atoms with van der Waals surface area (Å²) in [7, 11) is 1.54. The van der Waals surface area contributed by atoms with Gasteiger partial charge in [-0.3, -0.25) is 0 Å². The molecule has 0 fully saturated rings. The molecular weight excluding hydrogens is 242 g/mol. The van der Waals surface area contributed by atoms with Crippen molar-refractivity contribution in [3.63, 3.8) is 0 Å². The molecule has 0 bridgehead atoms. The number of nitrogens with zero attached hydrogens (tertiary/aromatic N) is 2. The second-order valence-corrected chi connectivity index (χ2v) is 3.86. The van der Waals surface area contributed by atoms with Crippen molar-refractivity contribution in [2.24, 2.45) is 0 Å². The van der Waals surface area contributed by atoms with Gasteiger partial charge in [0, 0.05) is 17.8 Å². The number of aromatic nitrogens is 1. The highest BCUT2D eigenvalue weighted by Crippen LogP contribution is 2.28. The molecule has 0 saturated heterocycles. The van der Waals surface area contributed by atoms with E-state index in [2.05, 4.69) is 4.98 Å². The topological polar surface area (TPSA) is 81.2 Å². The van der Waals surface area contributed by atoms with Crippen LogP contribution in [0.4, 0.5) is 5.82 Å². The van der Waals surface area contributed by atoms with Gasteiger partial charge in [0.25, 0.3) is 0 Å². The Bertz CT molecular complexity index is 603. The van der Waals surface area contributed by atoms with Crippen molar-refractivity contribution in [1.82, 2.24) is 4.98 Å². The first-order valence-electron chi connectivity index (χ1n) is 5.64. The lowest BCUT2D eigenvalue weighted by molar-refractivity contribution is 0.284. The number of benzene rings is 1. The highest BCUT2D eigenvalue weighted by Gasteiger charge is 2.06. The molecule has 2 N–H and O–H groups in total. The minimum Gasteiger partial charge on any atom is -0.493 e. The summed E-state index contributed by atoms with van der Waals surface area (Å²) in [4.78, 5) is 3.98. The van der Waals surface area contributed by atoms with Gasteiger partial charge in [-0.05, 0) is 18.2 Å². The molecule has 1 aromatic heterocycles. The summed E-state index contributed by atoms with van der Waals surface area (Å²) in [5, 5.41) is 8.82. The average molecular weight is 255 g/mol. The standard InChI is InChI=1S/C14H13N3O2/c1-18-13-6-10(7-15)2-4-12(13)19-9-11-3-5-14(16)17-8-11/h2-6,8H,9H2,1H3,(H2,16,17). The number of hydrogen-bond donors (Lipinski definition) is 1. The summed E-state index contributed by atoms with van der Waals surface area (Å²) in [6, 6.07) is 10.6. The molecule has 96 valence electrons. The van der Waals surface area contributed by atoms with Crippen LogP contribution in [0.2, 0.25) is 0 Å². The third-order valence-electron chi connectivity index (χ3n) is 2.53. The van der Waals surface area contributed by atoms with E-state index in [1.54, 1.807) is 30.5 Å². The van der Waals surface area contributed by atoms with E-state index in [9.17, 15) is 0 Å². The van der Waals surface area contributed by atoms with E-state index in [0.29, 0.717) is 29.5 Å². The Balaban J connectivity index is 2.11. The highest BCUT2D eigenvalue weighted by atomic mass is 16.5. The fourth-order valence-electron chi connectivity index (χ4n) is 1.54. The molecule has 0 aliphatic rings. The third kappa shape index (κ3) is 3.13. The summed E-state index contributed by atoms with van der Waals surface area (Å²) in [5.74, 6) is 1.58. The van der Waals surface area contributed by atoms with Crippen molar-refractivity contribution in [3.8, 4) is 17.6 Å². The fraction of sp³-hybridized carbons (Fsp3) is 0.143. The van der Waals surface area contributed by atoms with E-state index >= 15 is 0 Å². The second kappa shape index (κ2) is 5.74. The van der Waals surface area contributed by atoms with Crippen molar-refractivity contribution in [2.75, 3.05) is 12.8 Å². The van der Waals surface area contributed by atoms with Gasteiger partial charge in [-0.1, -0.05) is 6.07 Å². The van der Waals surface area contributed by atoms with Crippen LogP contribution in [0.25, 0.3) is 0 Å². The molecule has 0 spiro atoms. The van der Waals surface area contributed by atoms with Crippen molar-refractivity contribution in [2.45, 2.75) is 6.61 Å². The number of pyridine rings is 1. The van der Waals surface area contributed by atoms with Crippen molar-refractivity contribution in [3.05, 3.63) is 47.7 Å². The molecule has 0 saturated carbocycles. The monoisotopic (exact) mass is 255 g/mol. The van der Waals surface area contributed by atoms with Crippen LogP contribution in [0, 0.1) is 11.3 Å². The Hall–Kier alpha value is -2.74. The summed E-state index contributed by atoms with van der Waals surface area (Å²) in [6.07, 6.45) is 1.66. The first kappa shape index (κ1) is 12.7. The number of nitrogens with two attached hydrogens (primary N) is 1. The summed E-state index contributed by atoms with van der Waals surface area (Å²) in [5.41, 5.74) is 6.94. The third-order valence-corrected chi connectivity index (χ3v) is 2.53. The van der Waals surface area contributed by atoms with Crippen LogP contribution in [0.1, 0.15) is 11.1 Å². The molecule has 5 nitrogen and oxygen atoms in total. The Labute approximate surface area is 111 Å². The van der Waals surface area contributed by atoms with Crippen LogP contribution in [0.5, 0.6) is 11.5 Å². The summed E-state index contributed by atoms with van der Waals surface area (Å²) < 4.78 is 10.8. The zero-order valence-corrected chi connectivity index (χ0v) is 10.5. The minimum absolute atomic E-state index is 0.357. The van der Waals surface area contributed by atoms with Gasteiger partial charge < -0.3 is 15.2 Å². The van der Waals surface area contributed by atoms with Crippen molar-refractivity contribution >= 4 is 5.82 Å². The van der Waals surface area contributed by atoms with Gasteiger partial charge in [-0.2, -0.15) is 5.26 Å². The number of ether oxygens (including phenoxy) is 2. The van der Waals surface area contributed by atoms with Crippen molar-refractivity contribution < 1.29 is 9.47 Å². The molecule has 0 aliphatic heterocycles. The van der Waals surface area contributed by atoms with E-state index in [1.807, 2.05) is 12.1 Å². The zero-order valence-electron chi connectivity index (χ0n) is 10.5. The van der Waals surface area contributed by atoms with Gasteiger partial charge >= 0.3 is 0 Å². The fourth-order valence-corrected chi connectivity index (χ4v) is 1.54. The lowest BCUT2D eigenvalue weighted by Crippen LogP contribution is -1.99. The number of nitrogen functional groups attached to an aromatic ring is 1. The van der Waals surface area contributed by atoms with Crippen LogP contribution in [0.15, 0.2) is 36.5 Å². The Kier molecular flexibility index (Phi) is 3.84. The van der Waals surface area contributed by atoms with Gasteiger partial charge in [-0.15, -0.1) is 0 Å².